The number of hydrogen-bond acceptors (Lipinski definition) is 3. The number of rotatable bonds is 3. The van der Waals surface area contributed by atoms with Gasteiger partial charge in [-0.2, -0.15) is 0 Å². The summed E-state index contributed by atoms with van der Waals surface area (Å²) in [6, 6.07) is -0.254. The van der Waals surface area contributed by atoms with Crippen molar-refractivity contribution < 1.29 is 14.3 Å². The molecule has 0 fully saturated rings. The lowest BCUT2D eigenvalue weighted by molar-refractivity contribution is -0.141. The smallest absolute Gasteiger partial charge is 0.325 e. The van der Waals surface area contributed by atoms with Crippen LogP contribution in [0, 0.1) is 0 Å². The first kappa shape index (κ1) is 13.7. The van der Waals surface area contributed by atoms with Crippen molar-refractivity contribution in [3.05, 3.63) is 0 Å². The summed E-state index contributed by atoms with van der Waals surface area (Å²) in [5.74, 6) is -0.416. The highest BCUT2D eigenvalue weighted by atomic mass is 16.5. The van der Waals surface area contributed by atoms with E-state index < -0.39 is 5.97 Å². The molecule has 0 aliphatic heterocycles. The number of amides is 2. The number of nitrogens with one attached hydrogen (secondary N) is 1. The molecule has 0 unspecified atom stereocenters. The Morgan fingerprint density at radius 3 is 2.20 bits per heavy atom. The molecule has 0 aromatic carbocycles. The van der Waals surface area contributed by atoms with Gasteiger partial charge in [-0.3, -0.25) is 4.79 Å². The first-order valence-electron chi connectivity index (χ1n) is 4.94. The zero-order valence-corrected chi connectivity index (χ0v) is 10.1. The fourth-order valence-corrected chi connectivity index (χ4v) is 0.947. The highest BCUT2D eigenvalue weighted by Gasteiger charge is 2.20. The van der Waals surface area contributed by atoms with Crippen LogP contribution in [0.5, 0.6) is 0 Å². The number of urea groups is 1. The lowest BCUT2D eigenvalue weighted by Gasteiger charge is -2.26. The Balaban J connectivity index is 4.29. The van der Waals surface area contributed by atoms with E-state index in [2.05, 4.69) is 10.1 Å². The summed E-state index contributed by atoms with van der Waals surface area (Å²) in [4.78, 5) is 24.1. The van der Waals surface area contributed by atoms with Gasteiger partial charge in [-0.15, -0.1) is 0 Å². The standard InChI is InChI=1S/C10H20N2O3/c1-6-12(7-8(13)15-5)9(14)11-10(2,3)4/h6-7H2,1-5H3,(H,11,14). The Morgan fingerprint density at radius 2 is 1.87 bits per heavy atom. The minimum Gasteiger partial charge on any atom is -0.468 e. The molecule has 0 aliphatic carbocycles. The van der Waals surface area contributed by atoms with Crippen LogP contribution in [0.1, 0.15) is 27.7 Å². The molecule has 88 valence electrons. The van der Waals surface area contributed by atoms with Crippen LogP contribution in [0.15, 0.2) is 0 Å². The molecule has 5 nitrogen and oxygen atoms in total. The zero-order chi connectivity index (χ0) is 12.1. The molecule has 0 bridgehead atoms. The predicted octanol–water partition coefficient (Wildman–Crippen LogP) is 0.989. The van der Waals surface area contributed by atoms with Crippen LogP contribution in [0.25, 0.3) is 0 Å². The van der Waals surface area contributed by atoms with Crippen molar-refractivity contribution in [3.8, 4) is 0 Å². The van der Waals surface area contributed by atoms with Crippen LogP contribution in [0.4, 0.5) is 4.79 Å². The third-order valence-electron chi connectivity index (χ3n) is 1.70. The molecule has 0 rings (SSSR count). The first-order chi connectivity index (χ1) is 6.80. The summed E-state index contributed by atoms with van der Waals surface area (Å²) < 4.78 is 4.50. The average molecular weight is 216 g/mol. The molecule has 15 heavy (non-hydrogen) atoms. The summed E-state index contributed by atoms with van der Waals surface area (Å²) >= 11 is 0. The Hall–Kier alpha value is -1.26. The van der Waals surface area contributed by atoms with Crippen molar-refractivity contribution in [1.29, 1.82) is 0 Å². The third kappa shape index (κ3) is 5.93. The molecule has 0 aromatic rings. The van der Waals surface area contributed by atoms with Crippen molar-refractivity contribution in [2.24, 2.45) is 0 Å². The molecule has 1 N–H and O–H groups in total. The molecular weight excluding hydrogens is 196 g/mol. The first-order valence-corrected chi connectivity index (χ1v) is 4.94. The van der Waals surface area contributed by atoms with Crippen LogP contribution in [0.2, 0.25) is 0 Å². The van der Waals surface area contributed by atoms with E-state index in [1.165, 1.54) is 12.0 Å². The molecule has 0 aliphatic rings. The monoisotopic (exact) mass is 216 g/mol. The number of hydrogen-bond donors (Lipinski definition) is 1. The van der Waals surface area contributed by atoms with E-state index in [9.17, 15) is 9.59 Å². The molecule has 0 saturated carbocycles. The second-order valence-corrected chi connectivity index (χ2v) is 4.27. The van der Waals surface area contributed by atoms with Gasteiger partial charge in [0.1, 0.15) is 6.54 Å². The van der Waals surface area contributed by atoms with Gasteiger partial charge in [-0.1, -0.05) is 0 Å². The average Bonchev–Trinajstić information content (AvgIpc) is 2.10. The number of carbonyl (C=O) groups excluding carboxylic acids is 2. The summed E-state index contributed by atoms with van der Waals surface area (Å²) in [7, 11) is 1.30. The lowest BCUT2D eigenvalue weighted by atomic mass is 10.1. The van der Waals surface area contributed by atoms with E-state index in [4.69, 9.17) is 0 Å². The van der Waals surface area contributed by atoms with E-state index in [-0.39, 0.29) is 18.1 Å². The van der Waals surface area contributed by atoms with E-state index in [1.54, 1.807) is 0 Å². The maximum Gasteiger partial charge on any atom is 0.325 e. The van der Waals surface area contributed by atoms with Crippen LogP contribution in [0.3, 0.4) is 0 Å². The SMILES string of the molecule is CCN(CC(=O)OC)C(=O)NC(C)(C)C. The van der Waals surface area contributed by atoms with Crippen molar-refractivity contribution in [2.45, 2.75) is 33.2 Å². The number of methoxy groups -OCH3 is 1. The van der Waals surface area contributed by atoms with Gasteiger partial charge >= 0.3 is 12.0 Å². The summed E-state index contributed by atoms with van der Waals surface area (Å²) in [5.41, 5.74) is -0.305. The normalized spacial score (nSPS) is 10.7. The summed E-state index contributed by atoms with van der Waals surface area (Å²) in [6.07, 6.45) is 0. The van der Waals surface area contributed by atoms with Crippen molar-refractivity contribution in [1.82, 2.24) is 10.2 Å². The lowest BCUT2D eigenvalue weighted by Crippen LogP contribution is -2.49. The number of esters is 1. The maximum absolute atomic E-state index is 11.6. The van der Waals surface area contributed by atoms with Crippen LogP contribution >= 0.6 is 0 Å². The molecule has 2 amide bonds. The summed E-state index contributed by atoms with van der Waals surface area (Å²) in [6.45, 7) is 7.92. The molecule has 0 saturated heterocycles. The second-order valence-electron chi connectivity index (χ2n) is 4.27. The molecule has 0 atom stereocenters. The van der Waals surface area contributed by atoms with Gasteiger partial charge in [0.15, 0.2) is 0 Å². The maximum atomic E-state index is 11.6. The van der Waals surface area contributed by atoms with E-state index >= 15 is 0 Å². The highest BCUT2D eigenvalue weighted by Crippen LogP contribution is 2.01. The zero-order valence-electron chi connectivity index (χ0n) is 10.1. The number of ether oxygens (including phenoxy) is 1. The van der Waals surface area contributed by atoms with Crippen molar-refractivity contribution >= 4 is 12.0 Å². The number of nitrogens with zero attached hydrogens (tertiary/aromatic N) is 1. The topological polar surface area (TPSA) is 58.6 Å². The van der Waals surface area contributed by atoms with Gasteiger partial charge in [-0.25, -0.2) is 4.79 Å². The van der Waals surface area contributed by atoms with Gasteiger partial charge < -0.3 is 15.0 Å². The molecule has 0 spiro atoms. The van der Waals surface area contributed by atoms with Crippen molar-refractivity contribution in [2.75, 3.05) is 20.2 Å². The van der Waals surface area contributed by atoms with Gasteiger partial charge in [0.25, 0.3) is 0 Å². The van der Waals surface area contributed by atoms with E-state index in [1.807, 2.05) is 27.7 Å². The van der Waals surface area contributed by atoms with E-state index in [0.29, 0.717) is 6.54 Å². The predicted molar refractivity (Wildman–Crippen MR) is 57.5 cm³/mol. The van der Waals surface area contributed by atoms with Crippen LogP contribution in [-0.2, 0) is 9.53 Å². The van der Waals surface area contributed by atoms with Gasteiger partial charge in [-0.05, 0) is 27.7 Å². The van der Waals surface area contributed by atoms with Crippen LogP contribution in [-0.4, -0.2) is 42.6 Å². The molecule has 0 heterocycles. The Bertz CT molecular complexity index is 233. The van der Waals surface area contributed by atoms with Gasteiger partial charge in [0.2, 0.25) is 0 Å². The van der Waals surface area contributed by atoms with Crippen molar-refractivity contribution in [3.63, 3.8) is 0 Å². The number of carbonyl (C=O) groups is 2. The van der Waals surface area contributed by atoms with Crippen LogP contribution < -0.4 is 5.32 Å². The number of likely N-dealkylation sites (N-methyl/N-ethyl adjacent to an activating group) is 1. The molecule has 5 heteroatoms. The van der Waals surface area contributed by atoms with E-state index in [0.717, 1.165) is 0 Å². The third-order valence-corrected chi connectivity index (χ3v) is 1.70. The summed E-state index contributed by atoms with van der Waals surface area (Å²) in [5, 5.41) is 2.78. The molecular formula is C10H20N2O3. The second kappa shape index (κ2) is 5.58. The minimum absolute atomic E-state index is 0.0189. The van der Waals surface area contributed by atoms with Gasteiger partial charge in [0.05, 0.1) is 7.11 Å². The van der Waals surface area contributed by atoms with Gasteiger partial charge in [0, 0.05) is 12.1 Å². The molecule has 0 radical (unpaired) electrons. The fourth-order valence-electron chi connectivity index (χ4n) is 0.947. The Morgan fingerprint density at radius 1 is 1.33 bits per heavy atom. The fraction of sp³-hybridized carbons (Fsp3) is 0.800. The highest BCUT2D eigenvalue weighted by molar-refractivity contribution is 5.81. The Kier molecular flexibility index (Phi) is 5.11. The Labute approximate surface area is 90.8 Å². The quantitative estimate of drug-likeness (QED) is 0.716. The largest absolute Gasteiger partial charge is 0.468 e. The molecule has 0 aromatic heterocycles. The minimum atomic E-state index is -0.416.